The summed E-state index contributed by atoms with van der Waals surface area (Å²) in [6, 6.07) is 10.1. The average molecular weight is 245 g/mol. The van der Waals surface area contributed by atoms with Crippen molar-refractivity contribution in [3.8, 4) is 0 Å². The van der Waals surface area contributed by atoms with Crippen LogP contribution in [0.25, 0.3) is 0 Å². The molecule has 1 aromatic rings. The van der Waals surface area contributed by atoms with E-state index in [1.54, 1.807) is 11.8 Å². The number of hydrogen-bond acceptors (Lipinski definition) is 3. The largest absolute Gasteiger partial charge is 0.468 e. The van der Waals surface area contributed by atoms with Gasteiger partial charge in [0.15, 0.2) is 0 Å². The first-order valence-electron chi connectivity index (χ1n) is 4.57. The molecule has 0 saturated heterocycles. The third-order valence-electron chi connectivity index (χ3n) is 1.83. The highest BCUT2D eigenvalue weighted by molar-refractivity contribution is 7.98. The summed E-state index contributed by atoms with van der Waals surface area (Å²) >= 11 is 7.43. The second-order valence-corrected chi connectivity index (χ2v) is 4.55. The molecule has 2 nitrogen and oxygen atoms in total. The Bertz CT molecular complexity index is 303. The first-order chi connectivity index (χ1) is 7.24. The molecule has 1 atom stereocenters. The predicted molar refractivity (Wildman–Crippen MR) is 64.3 cm³/mol. The highest BCUT2D eigenvalue weighted by atomic mass is 35.5. The lowest BCUT2D eigenvalue weighted by molar-refractivity contribution is -0.139. The molecule has 0 amide bonds. The molecule has 0 aromatic heterocycles. The van der Waals surface area contributed by atoms with Crippen molar-refractivity contribution in [3.05, 3.63) is 35.9 Å². The van der Waals surface area contributed by atoms with E-state index in [-0.39, 0.29) is 5.97 Å². The molecule has 0 N–H and O–H groups in total. The number of rotatable bonds is 5. The molecular formula is C11H13ClO2S. The van der Waals surface area contributed by atoms with Gasteiger partial charge in [-0.15, -0.1) is 11.6 Å². The Hall–Kier alpha value is -0.670. The van der Waals surface area contributed by atoms with Crippen molar-refractivity contribution in [1.29, 1.82) is 0 Å². The minimum absolute atomic E-state index is 0.364. The van der Waals surface area contributed by atoms with E-state index in [1.807, 2.05) is 30.3 Å². The number of ether oxygens (including phenoxy) is 1. The zero-order valence-electron chi connectivity index (χ0n) is 8.48. The molecule has 0 radical (unpaired) electrons. The Balaban J connectivity index is 2.25. The summed E-state index contributed by atoms with van der Waals surface area (Å²) in [5.74, 6) is 1.07. The van der Waals surface area contributed by atoms with Crippen molar-refractivity contribution in [1.82, 2.24) is 0 Å². The standard InChI is InChI=1S/C11H13ClO2S/c1-14-11(13)10(12)8-15-7-9-5-3-2-4-6-9/h2-6,10H,7-8H2,1H3. The predicted octanol–water partition coefficient (Wildman–Crippen LogP) is 2.70. The van der Waals surface area contributed by atoms with Crippen molar-refractivity contribution in [2.75, 3.05) is 12.9 Å². The fourth-order valence-corrected chi connectivity index (χ4v) is 2.30. The molecule has 0 heterocycles. The van der Waals surface area contributed by atoms with Crippen molar-refractivity contribution in [2.24, 2.45) is 0 Å². The number of thioether (sulfide) groups is 1. The highest BCUT2D eigenvalue weighted by Gasteiger charge is 2.14. The number of halogens is 1. The molecule has 1 aromatic carbocycles. The highest BCUT2D eigenvalue weighted by Crippen LogP contribution is 2.15. The van der Waals surface area contributed by atoms with Gasteiger partial charge in [-0.05, 0) is 5.56 Å². The van der Waals surface area contributed by atoms with Crippen LogP contribution in [0.5, 0.6) is 0 Å². The van der Waals surface area contributed by atoms with Crippen molar-refractivity contribution < 1.29 is 9.53 Å². The van der Waals surface area contributed by atoms with E-state index in [1.165, 1.54) is 12.7 Å². The lowest BCUT2D eigenvalue weighted by Gasteiger charge is -2.06. The third kappa shape index (κ3) is 4.58. The molecule has 4 heteroatoms. The summed E-state index contributed by atoms with van der Waals surface area (Å²) in [6.45, 7) is 0. The van der Waals surface area contributed by atoms with Crippen LogP contribution in [0.3, 0.4) is 0 Å². The van der Waals surface area contributed by atoms with Gasteiger partial charge in [0.25, 0.3) is 0 Å². The smallest absolute Gasteiger partial charge is 0.324 e. The number of carbonyl (C=O) groups is 1. The monoisotopic (exact) mass is 244 g/mol. The molecule has 0 fully saturated rings. The molecule has 82 valence electrons. The van der Waals surface area contributed by atoms with Crippen LogP contribution in [0.15, 0.2) is 30.3 Å². The maximum absolute atomic E-state index is 11.0. The lowest BCUT2D eigenvalue weighted by Crippen LogP contribution is -2.18. The summed E-state index contributed by atoms with van der Waals surface area (Å²) in [4.78, 5) is 11.0. The summed E-state index contributed by atoms with van der Waals surface area (Å²) in [5.41, 5.74) is 1.23. The molecule has 0 bridgehead atoms. The zero-order valence-corrected chi connectivity index (χ0v) is 10.1. The Labute approximate surface area is 99.0 Å². The fourth-order valence-electron chi connectivity index (χ4n) is 1.05. The van der Waals surface area contributed by atoms with E-state index >= 15 is 0 Å². The first-order valence-corrected chi connectivity index (χ1v) is 6.16. The molecule has 15 heavy (non-hydrogen) atoms. The van der Waals surface area contributed by atoms with Gasteiger partial charge in [0.2, 0.25) is 0 Å². The van der Waals surface area contributed by atoms with Crippen LogP contribution in [0, 0.1) is 0 Å². The van der Waals surface area contributed by atoms with Crippen molar-refractivity contribution in [3.63, 3.8) is 0 Å². The van der Waals surface area contributed by atoms with E-state index in [0.717, 1.165) is 5.75 Å². The van der Waals surface area contributed by atoms with E-state index < -0.39 is 5.38 Å². The molecule has 0 aliphatic rings. The number of esters is 1. The van der Waals surface area contributed by atoms with Crippen LogP contribution in [-0.2, 0) is 15.3 Å². The van der Waals surface area contributed by atoms with Crippen molar-refractivity contribution in [2.45, 2.75) is 11.1 Å². The molecular weight excluding hydrogens is 232 g/mol. The van der Waals surface area contributed by atoms with Crippen LogP contribution in [0.4, 0.5) is 0 Å². The quantitative estimate of drug-likeness (QED) is 0.589. The summed E-state index contributed by atoms with van der Waals surface area (Å²) in [7, 11) is 1.35. The van der Waals surface area contributed by atoms with E-state index in [9.17, 15) is 4.79 Å². The molecule has 0 saturated carbocycles. The summed E-state index contributed by atoms with van der Waals surface area (Å²) in [6.07, 6.45) is 0. The second-order valence-electron chi connectivity index (χ2n) is 2.99. The SMILES string of the molecule is COC(=O)C(Cl)CSCc1ccccc1. The Morgan fingerprint density at radius 1 is 1.47 bits per heavy atom. The number of hydrogen-bond donors (Lipinski definition) is 0. The van der Waals surface area contributed by atoms with Gasteiger partial charge in [-0.1, -0.05) is 30.3 Å². The van der Waals surface area contributed by atoms with Gasteiger partial charge in [0.1, 0.15) is 5.38 Å². The van der Waals surface area contributed by atoms with Gasteiger partial charge < -0.3 is 4.74 Å². The van der Waals surface area contributed by atoms with Gasteiger partial charge in [-0.3, -0.25) is 4.79 Å². The minimum Gasteiger partial charge on any atom is -0.468 e. The summed E-state index contributed by atoms with van der Waals surface area (Å²) < 4.78 is 4.53. The lowest BCUT2D eigenvalue weighted by atomic mass is 10.2. The number of alkyl halides is 1. The molecule has 0 aliphatic carbocycles. The van der Waals surface area contributed by atoms with Gasteiger partial charge >= 0.3 is 5.97 Å². The van der Waals surface area contributed by atoms with Crippen LogP contribution >= 0.6 is 23.4 Å². The van der Waals surface area contributed by atoms with Crippen LogP contribution in [0.1, 0.15) is 5.56 Å². The van der Waals surface area contributed by atoms with E-state index in [4.69, 9.17) is 11.6 Å². The Morgan fingerprint density at radius 2 is 2.13 bits per heavy atom. The van der Waals surface area contributed by atoms with Crippen LogP contribution < -0.4 is 0 Å². The Kier molecular flexibility index (Phi) is 5.58. The third-order valence-corrected chi connectivity index (χ3v) is 3.45. The fraction of sp³-hybridized carbons (Fsp3) is 0.364. The summed E-state index contributed by atoms with van der Waals surface area (Å²) in [5, 5.41) is -0.552. The normalized spacial score (nSPS) is 12.1. The van der Waals surface area contributed by atoms with Gasteiger partial charge in [-0.25, -0.2) is 0 Å². The average Bonchev–Trinajstić information content (AvgIpc) is 2.29. The molecule has 0 spiro atoms. The van der Waals surface area contributed by atoms with Gasteiger partial charge in [-0.2, -0.15) is 11.8 Å². The Morgan fingerprint density at radius 3 is 2.73 bits per heavy atom. The van der Waals surface area contributed by atoms with E-state index in [0.29, 0.717) is 5.75 Å². The second kappa shape index (κ2) is 6.75. The van der Waals surface area contributed by atoms with Crippen molar-refractivity contribution >= 4 is 29.3 Å². The molecule has 1 unspecified atom stereocenters. The maximum Gasteiger partial charge on any atom is 0.324 e. The molecule has 1 rings (SSSR count). The maximum atomic E-state index is 11.0. The van der Waals surface area contributed by atoms with Crippen LogP contribution in [-0.4, -0.2) is 24.2 Å². The number of methoxy groups -OCH3 is 1. The van der Waals surface area contributed by atoms with Gasteiger partial charge in [0.05, 0.1) is 7.11 Å². The molecule has 0 aliphatic heterocycles. The topological polar surface area (TPSA) is 26.3 Å². The number of benzene rings is 1. The van der Waals surface area contributed by atoms with E-state index in [2.05, 4.69) is 4.74 Å². The van der Waals surface area contributed by atoms with Crippen LogP contribution in [0.2, 0.25) is 0 Å². The zero-order chi connectivity index (χ0) is 11.1. The minimum atomic E-state index is -0.552. The first kappa shape index (κ1) is 12.4. The van der Waals surface area contributed by atoms with Gasteiger partial charge in [0, 0.05) is 11.5 Å². The number of carbonyl (C=O) groups excluding carboxylic acids is 1.